The Balaban J connectivity index is 1.72. The van der Waals surface area contributed by atoms with E-state index >= 15 is 0 Å². The molecule has 3 rings (SSSR count). The first-order valence-corrected chi connectivity index (χ1v) is 8.60. The summed E-state index contributed by atoms with van der Waals surface area (Å²) < 4.78 is 10.8. The molecule has 1 aliphatic rings. The van der Waals surface area contributed by atoms with Crippen LogP contribution in [-0.4, -0.2) is 29.6 Å². The zero-order valence-corrected chi connectivity index (χ0v) is 14.7. The number of hydrogen-bond donors (Lipinski definition) is 2. The number of carboxylic acid groups (broad SMARTS) is 1. The Morgan fingerprint density at radius 1 is 1.27 bits per heavy atom. The standard InChI is InChI=1S/C19H21NO6/c1-10(2)17(18(22)23)20-16(21)9-25-11-6-7-13-12-4-3-5-14(12)19(24)26-15(13)8-11/h6-8,10,17H,3-5,9H2,1-2H3,(H,20,21)(H,22,23)/t17-/m0/s1. The number of nitrogens with one attached hydrogen (secondary N) is 1. The highest BCUT2D eigenvalue weighted by atomic mass is 16.5. The first-order valence-electron chi connectivity index (χ1n) is 8.60. The van der Waals surface area contributed by atoms with E-state index in [0.29, 0.717) is 11.3 Å². The van der Waals surface area contributed by atoms with Crippen LogP contribution >= 0.6 is 0 Å². The van der Waals surface area contributed by atoms with Gasteiger partial charge in [-0.3, -0.25) is 4.79 Å². The monoisotopic (exact) mass is 359 g/mol. The summed E-state index contributed by atoms with van der Waals surface area (Å²) in [6, 6.07) is 4.15. The molecule has 1 aliphatic carbocycles. The number of aryl methyl sites for hydroxylation is 1. The molecule has 0 unspecified atom stereocenters. The van der Waals surface area contributed by atoms with Crippen molar-refractivity contribution < 1.29 is 23.8 Å². The molecule has 0 radical (unpaired) electrons. The van der Waals surface area contributed by atoms with E-state index in [4.69, 9.17) is 14.3 Å². The van der Waals surface area contributed by atoms with Gasteiger partial charge in [0, 0.05) is 17.0 Å². The Morgan fingerprint density at radius 3 is 2.69 bits per heavy atom. The zero-order valence-electron chi connectivity index (χ0n) is 14.7. The largest absolute Gasteiger partial charge is 0.484 e. The van der Waals surface area contributed by atoms with Gasteiger partial charge >= 0.3 is 11.6 Å². The predicted molar refractivity (Wildman–Crippen MR) is 94.4 cm³/mol. The molecular formula is C19H21NO6. The number of carbonyl (C=O) groups excluding carboxylic acids is 1. The highest BCUT2D eigenvalue weighted by Gasteiger charge is 2.23. The van der Waals surface area contributed by atoms with Crippen molar-refractivity contribution in [2.24, 2.45) is 5.92 Å². The molecule has 0 aliphatic heterocycles. The maximum atomic E-state index is 12.0. The topological polar surface area (TPSA) is 106 Å². The highest BCUT2D eigenvalue weighted by molar-refractivity contribution is 5.85. The first-order chi connectivity index (χ1) is 12.4. The number of benzene rings is 1. The summed E-state index contributed by atoms with van der Waals surface area (Å²) in [7, 11) is 0. The fraction of sp³-hybridized carbons (Fsp3) is 0.421. The molecule has 0 saturated heterocycles. The summed E-state index contributed by atoms with van der Waals surface area (Å²) in [6.45, 7) is 3.10. The van der Waals surface area contributed by atoms with Gasteiger partial charge in [0.15, 0.2) is 6.61 Å². The van der Waals surface area contributed by atoms with Gasteiger partial charge in [-0.15, -0.1) is 0 Å². The van der Waals surface area contributed by atoms with Crippen molar-refractivity contribution in [1.82, 2.24) is 5.32 Å². The van der Waals surface area contributed by atoms with Crippen LogP contribution in [0.1, 0.15) is 31.4 Å². The van der Waals surface area contributed by atoms with Crippen LogP contribution in [0.5, 0.6) is 5.75 Å². The van der Waals surface area contributed by atoms with E-state index < -0.39 is 17.9 Å². The van der Waals surface area contributed by atoms with Gasteiger partial charge in [-0.05, 0) is 42.9 Å². The third-order valence-corrected chi connectivity index (χ3v) is 4.56. The SMILES string of the molecule is CC(C)[C@H](NC(=O)COc1ccc2c3c(c(=O)oc2c1)CCC3)C(=O)O. The molecule has 0 saturated carbocycles. The molecule has 2 aromatic rings. The second-order valence-corrected chi connectivity index (χ2v) is 6.77. The molecule has 7 nitrogen and oxygen atoms in total. The van der Waals surface area contributed by atoms with Crippen molar-refractivity contribution in [2.45, 2.75) is 39.2 Å². The summed E-state index contributed by atoms with van der Waals surface area (Å²) >= 11 is 0. The van der Waals surface area contributed by atoms with Gasteiger partial charge in [-0.2, -0.15) is 0 Å². The fourth-order valence-corrected chi connectivity index (χ4v) is 3.23. The molecule has 26 heavy (non-hydrogen) atoms. The summed E-state index contributed by atoms with van der Waals surface area (Å²) in [4.78, 5) is 35.1. The fourth-order valence-electron chi connectivity index (χ4n) is 3.23. The molecule has 1 atom stereocenters. The molecule has 138 valence electrons. The maximum absolute atomic E-state index is 12.0. The minimum absolute atomic E-state index is 0.242. The van der Waals surface area contributed by atoms with Crippen molar-refractivity contribution in [1.29, 1.82) is 0 Å². The van der Waals surface area contributed by atoms with Crippen molar-refractivity contribution in [3.05, 3.63) is 39.7 Å². The van der Waals surface area contributed by atoms with Crippen LogP contribution in [0.15, 0.2) is 27.4 Å². The molecule has 0 spiro atoms. The van der Waals surface area contributed by atoms with Crippen LogP contribution in [0.4, 0.5) is 0 Å². The molecule has 1 amide bonds. The summed E-state index contributed by atoms with van der Waals surface area (Å²) in [5, 5.41) is 12.4. The number of carbonyl (C=O) groups is 2. The third kappa shape index (κ3) is 3.56. The van der Waals surface area contributed by atoms with Crippen LogP contribution in [0.2, 0.25) is 0 Å². The molecule has 7 heteroatoms. The van der Waals surface area contributed by atoms with E-state index in [1.54, 1.807) is 26.0 Å². The highest BCUT2D eigenvalue weighted by Crippen LogP contribution is 2.29. The predicted octanol–water partition coefficient (Wildman–Crippen LogP) is 1.89. The van der Waals surface area contributed by atoms with Gasteiger partial charge in [-0.1, -0.05) is 13.8 Å². The average molecular weight is 359 g/mol. The van der Waals surface area contributed by atoms with E-state index in [1.165, 1.54) is 0 Å². The van der Waals surface area contributed by atoms with Gasteiger partial charge in [-0.25, -0.2) is 9.59 Å². The number of amides is 1. The van der Waals surface area contributed by atoms with Gasteiger partial charge in [0.05, 0.1) is 0 Å². The molecule has 1 aromatic heterocycles. The maximum Gasteiger partial charge on any atom is 0.339 e. The number of ether oxygens (including phenoxy) is 1. The smallest absolute Gasteiger partial charge is 0.339 e. The zero-order chi connectivity index (χ0) is 18.8. The minimum Gasteiger partial charge on any atom is -0.484 e. The number of hydrogen-bond acceptors (Lipinski definition) is 5. The van der Waals surface area contributed by atoms with Gasteiger partial charge in [0.2, 0.25) is 0 Å². The molecule has 1 heterocycles. The van der Waals surface area contributed by atoms with Crippen LogP contribution in [0.25, 0.3) is 11.0 Å². The lowest BCUT2D eigenvalue weighted by molar-refractivity contribution is -0.143. The van der Waals surface area contributed by atoms with Crippen molar-refractivity contribution >= 4 is 22.8 Å². The number of fused-ring (bicyclic) bond motifs is 3. The molecular weight excluding hydrogens is 338 g/mol. The van der Waals surface area contributed by atoms with E-state index in [2.05, 4.69) is 5.32 Å². The van der Waals surface area contributed by atoms with Gasteiger partial charge < -0.3 is 19.6 Å². The quantitative estimate of drug-likeness (QED) is 0.763. The third-order valence-electron chi connectivity index (χ3n) is 4.56. The Hall–Kier alpha value is -2.83. The van der Waals surface area contributed by atoms with Crippen LogP contribution in [0.3, 0.4) is 0 Å². The molecule has 0 bridgehead atoms. The van der Waals surface area contributed by atoms with Crippen LogP contribution < -0.4 is 15.7 Å². The Kier molecular flexibility index (Phi) is 4.97. The number of aliphatic carboxylic acids is 1. The van der Waals surface area contributed by atoms with E-state index in [9.17, 15) is 14.4 Å². The second kappa shape index (κ2) is 7.19. The molecule has 0 fully saturated rings. The number of carboxylic acids is 1. The lowest BCUT2D eigenvalue weighted by Crippen LogP contribution is -2.46. The Bertz CT molecular complexity index is 914. The van der Waals surface area contributed by atoms with E-state index in [-0.39, 0.29) is 18.2 Å². The summed E-state index contributed by atoms with van der Waals surface area (Å²) in [5.74, 6) is -1.48. The van der Waals surface area contributed by atoms with Crippen LogP contribution in [0, 0.1) is 5.92 Å². The lowest BCUT2D eigenvalue weighted by atomic mass is 10.1. The Morgan fingerprint density at radius 2 is 2.00 bits per heavy atom. The first kappa shape index (κ1) is 18.0. The number of rotatable bonds is 6. The van der Waals surface area contributed by atoms with Crippen molar-refractivity contribution in [3.63, 3.8) is 0 Å². The van der Waals surface area contributed by atoms with Crippen LogP contribution in [-0.2, 0) is 22.4 Å². The van der Waals surface area contributed by atoms with E-state index in [0.717, 1.165) is 35.8 Å². The Labute approximate surface area is 150 Å². The van der Waals surface area contributed by atoms with Crippen molar-refractivity contribution in [2.75, 3.05) is 6.61 Å². The normalized spacial score (nSPS) is 14.3. The molecule has 2 N–H and O–H groups in total. The molecule has 1 aromatic carbocycles. The minimum atomic E-state index is -1.09. The second-order valence-electron chi connectivity index (χ2n) is 6.77. The van der Waals surface area contributed by atoms with Crippen molar-refractivity contribution in [3.8, 4) is 5.75 Å². The summed E-state index contributed by atoms with van der Waals surface area (Å²) in [5.41, 5.74) is 1.89. The van der Waals surface area contributed by atoms with Gasteiger partial charge in [0.1, 0.15) is 17.4 Å². The van der Waals surface area contributed by atoms with E-state index in [1.807, 2.05) is 6.07 Å². The lowest BCUT2D eigenvalue weighted by Gasteiger charge is -2.18. The average Bonchev–Trinajstić information content (AvgIpc) is 3.07. The van der Waals surface area contributed by atoms with Gasteiger partial charge in [0.25, 0.3) is 5.91 Å². The summed E-state index contributed by atoms with van der Waals surface area (Å²) in [6.07, 6.45) is 2.54.